The van der Waals surface area contributed by atoms with Crippen molar-refractivity contribution in [2.45, 2.75) is 38.6 Å². The van der Waals surface area contributed by atoms with E-state index in [1.54, 1.807) is 0 Å². The van der Waals surface area contributed by atoms with Crippen LogP contribution in [0, 0.1) is 0 Å². The number of aryl methyl sites for hydroxylation is 1. The van der Waals surface area contributed by atoms with Gasteiger partial charge >= 0.3 is 0 Å². The summed E-state index contributed by atoms with van der Waals surface area (Å²) in [6.45, 7) is 3.40. The molecular formula is C13H19N. The number of nitrogens with one attached hydrogen (secondary N) is 1. The predicted octanol–water partition coefficient (Wildman–Crippen LogP) is 3.06. The molecule has 0 spiro atoms. The first-order chi connectivity index (χ1) is 6.90. The molecule has 1 heterocycles. The maximum absolute atomic E-state index is 3.59. The first kappa shape index (κ1) is 9.72. The van der Waals surface area contributed by atoms with Crippen molar-refractivity contribution in [2.24, 2.45) is 0 Å². The van der Waals surface area contributed by atoms with Crippen LogP contribution in [0.4, 0.5) is 0 Å². The maximum Gasteiger partial charge on any atom is 0.0320 e. The van der Waals surface area contributed by atoms with Crippen LogP contribution in [0.3, 0.4) is 0 Å². The van der Waals surface area contributed by atoms with Crippen molar-refractivity contribution >= 4 is 0 Å². The zero-order chi connectivity index (χ0) is 9.80. The first-order valence-corrected chi connectivity index (χ1v) is 5.72. The fourth-order valence-electron chi connectivity index (χ4n) is 2.17. The average Bonchev–Trinajstić information content (AvgIpc) is 2.30. The van der Waals surface area contributed by atoms with Crippen molar-refractivity contribution in [3.05, 3.63) is 35.4 Å². The van der Waals surface area contributed by atoms with E-state index in [4.69, 9.17) is 0 Å². The number of hydrogen-bond acceptors (Lipinski definition) is 1. The second-order valence-electron chi connectivity index (χ2n) is 4.10. The van der Waals surface area contributed by atoms with Gasteiger partial charge in [-0.2, -0.15) is 0 Å². The van der Waals surface area contributed by atoms with Crippen molar-refractivity contribution in [1.29, 1.82) is 0 Å². The van der Waals surface area contributed by atoms with Crippen LogP contribution in [-0.2, 0) is 6.42 Å². The van der Waals surface area contributed by atoms with Crippen LogP contribution in [0.25, 0.3) is 0 Å². The minimum Gasteiger partial charge on any atom is -0.310 e. The van der Waals surface area contributed by atoms with Gasteiger partial charge in [0, 0.05) is 6.04 Å². The Bertz CT molecular complexity index is 287. The molecule has 1 N–H and O–H groups in total. The normalized spacial score (nSPS) is 22.2. The van der Waals surface area contributed by atoms with Crippen LogP contribution in [0.15, 0.2) is 24.3 Å². The van der Waals surface area contributed by atoms with Crippen molar-refractivity contribution in [1.82, 2.24) is 5.32 Å². The number of hydrogen-bond donors (Lipinski definition) is 1. The van der Waals surface area contributed by atoms with Crippen LogP contribution in [0.2, 0.25) is 0 Å². The van der Waals surface area contributed by atoms with Crippen LogP contribution < -0.4 is 5.32 Å². The zero-order valence-corrected chi connectivity index (χ0v) is 8.92. The van der Waals surface area contributed by atoms with Crippen molar-refractivity contribution < 1.29 is 0 Å². The van der Waals surface area contributed by atoms with Crippen LogP contribution in [0.5, 0.6) is 0 Å². The Labute approximate surface area is 86.5 Å². The van der Waals surface area contributed by atoms with Crippen molar-refractivity contribution in [3.8, 4) is 0 Å². The van der Waals surface area contributed by atoms with E-state index in [-0.39, 0.29) is 0 Å². The summed E-state index contributed by atoms with van der Waals surface area (Å²) in [7, 11) is 0. The van der Waals surface area contributed by atoms with Gasteiger partial charge in [0.15, 0.2) is 0 Å². The van der Waals surface area contributed by atoms with Crippen LogP contribution in [0.1, 0.15) is 43.4 Å². The Morgan fingerprint density at radius 3 is 3.00 bits per heavy atom. The number of piperidine rings is 1. The van der Waals surface area contributed by atoms with Crippen molar-refractivity contribution in [2.75, 3.05) is 6.54 Å². The van der Waals surface area contributed by atoms with E-state index < -0.39 is 0 Å². The zero-order valence-electron chi connectivity index (χ0n) is 8.92. The van der Waals surface area contributed by atoms with E-state index in [0.29, 0.717) is 6.04 Å². The van der Waals surface area contributed by atoms with E-state index >= 15 is 0 Å². The minimum atomic E-state index is 0.607. The Morgan fingerprint density at radius 1 is 1.36 bits per heavy atom. The quantitative estimate of drug-likeness (QED) is 0.754. The second kappa shape index (κ2) is 4.61. The van der Waals surface area contributed by atoms with Gasteiger partial charge in [-0.3, -0.25) is 0 Å². The molecule has 1 nitrogen and oxygen atoms in total. The molecule has 0 aliphatic carbocycles. The van der Waals surface area contributed by atoms with E-state index in [9.17, 15) is 0 Å². The smallest absolute Gasteiger partial charge is 0.0320 e. The Hall–Kier alpha value is -0.820. The standard InChI is InChI=1S/C13H19N/c1-2-11-6-5-7-12(10-11)13-8-3-4-9-14-13/h5-7,10,13-14H,2-4,8-9H2,1H3. The summed E-state index contributed by atoms with van der Waals surface area (Å²) in [5.41, 5.74) is 2.93. The fourth-order valence-corrected chi connectivity index (χ4v) is 2.17. The molecular weight excluding hydrogens is 170 g/mol. The molecule has 0 saturated carbocycles. The number of rotatable bonds is 2. The summed E-state index contributed by atoms with van der Waals surface area (Å²) >= 11 is 0. The maximum atomic E-state index is 3.59. The molecule has 14 heavy (non-hydrogen) atoms. The highest BCUT2D eigenvalue weighted by Gasteiger charge is 2.14. The number of benzene rings is 1. The molecule has 1 saturated heterocycles. The molecule has 1 unspecified atom stereocenters. The molecule has 1 aromatic carbocycles. The average molecular weight is 189 g/mol. The third kappa shape index (κ3) is 2.16. The monoisotopic (exact) mass is 189 g/mol. The van der Waals surface area contributed by atoms with Gasteiger partial charge in [0.25, 0.3) is 0 Å². The molecule has 0 radical (unpaired) electrons. The summed E-state index contributed by atoms with van der Waals surface area (Å²) in [4.78, 5) is 0. The van der Waals surface area contributed by atoms with Gasteiger partial charge < -0.3 is 5.32 Å². The van der Waals surface area contributed by atoms with Crippen LogP contribution >= 0.6 is 0 Å². The summed E-state index contributed by atoms with van der Waals surface area (Å²) < 4.78 is 0. The lowest BCUT2D eigenvalue weighted by Gasteiger charge is -2.24. The topological polar surface area (TPSA) is 12.0 Å². The third-order valence-corrected chi connectivity index (χ3v) is 3.07. The minimum absolute atomic E-state index is 0.607. The van der Waals surface area contributed by atoms with Gasteiger partial charge in [0.05, 0.1) is 0 Å². The molecule has 1 aliphatic rings. The summed E-state index contributed by atoms with van der Waals surface area (Å²) in [6, 6.07) is 9.61. The van der Waals surface area contributed by atoms with Gasteiger partial charge in [-0.1, -0.05) is 37.6 Å². The van der Waals surface area contributed by atoms with Gasteiger partial charge in [-0.15, -0.1) is 0 Å². The Balaban J connectivity index is 2.13. The highest BCUT2D eigenvalue weighted by atomic mass is 14.9. The third-order valence-electron chi connectivity index (χ3n) is 3.07. The summed E-state index contributed by atoms with van der Waals surface area (Å²) in [5.74, 6) is 0. The lowest BCUT2D eigenvalue weighted by molar-refractivity contribution is 0.412. The summed E-state index contributed by atoms with van der Waals surface area (Å²) in [5, 5.41) is 3.59. The first-order valence-electron chi connectivity index (χ1n) is 5.72. The van der Waals surface area contributed by atoms with Gasteiger partial charge in [0.2, 0.25) is 0 Å². The van der Waals surface area contributed by atoms with E-state index in [2.05, 4.69) is 36.5 Å². The Kier molecular flexibility index (Phi) is 3.20. The molecule has 0 aromatic heterocycles. The molecule has 1 aliphatic heterocycles. The van der Waals surface area contributed by atoms with Crippen molar-refractivity contribution in [3.63, 3.8) is 0 Å². The van der Waals surface area contributed by atoms with Gasteiger partial charge in [0.1, 0.15) is 0 Å². The molecule has 2 rings (SSSR count). The molecule has 0 bridgehead atoms. The molecule has 1 fully saturated rings. The molecule has 1 aromatic rings. The SMILES string of the molecule is CCc1cccc(C2CCCCN2)c1. The predicted molar refractivity (Wildman–Crippen MR) is 60.4 cm³/mol. The lowest BCUT2D eigenvalue weighted by Crippen LogP contribution is -2.26. The highest BCUT2D eigenvalue weighted by molar-refractivity contribution is 5.26. The fraction of sp³-hybridized carbons (Fsp3) is 0.538. The lowest BCUT2D eigenvalue weighted by atomic mass is 9.96. The Morgan fingerprint density at radius 2 is 2.29 bits per heavy atom. The van der Waals surface area contributed by atoms with Gasteiger partial charge in [-0.05, 0) is 36.9 Å². The van der Waals surface area contributed by atoms with E-state index in [0.717, 1.165) is 6.42 Å². The highest BCUT2D eigenvalue weighted by Crippen LogP contribution is 2.23. The van der Waals surface area contributed by atoms with E-state index in [1.807, 2.05) is 0 Å². The van der Waals surface area contributed by atoms with E-state index in [1.165, 1.54) is 36.9 Å². The molecule has 76 valence electrons. The molecule has 0 amide bonds. The second-order valence-corrected chi connectivity index (χ2v) is 4.10. The summed E-state index contributed by atoms with van der Waals surface area (Å²) in [6.07, 6.45) is 5.14. The van der Waals surface area contributed by atoms with Gasteiger partial charge in [-0.25, -0.2) is 0 Å². The van der Waals surface area contributed by atoms with Crippen LogP contribution in [-0.4, -0.2) is 6.54 Å². The largest absolute Gasteiger partial charge is 0.310 e. The molecule has 1 heteroatoms. The molecule has 1 atom stereocenters.